The molecule has 0 N–H and O–H groups in total. The molecular weight excluding hydrogens is 153 g/mol. The summed E-state index contributed by atoms with van der Waals surface area (Å²) in [5, 5.41) is 0. The van der Waals surface area contributed by atoms with Gasteiger partial charge in [0.2, 0.25) is 0 Å². The van der Waals surface area contributed by atoms with Gasteiger partial charge in [-0.25, -0.2) is 4.39 Å². The van der Waals surface area contributed by atoms with Crippen molar-refractivity contribution in [2.75, 3.05) is 19.6 Å². The van der Waals surface area contributed by atoms with Gasteiger partial charge in [-0.2, -0.15) is 0 Å². The zero-order chi connectivity index (χ0) is 8.81. The predicted molar refractivity (Wildman–Crippen MR) is 50.1 cm³/mol. The first-order valence-corrected chi connectivity index (χ1v) is 5.19. The van der Waals surface area contributed by atoms with Crippen molar-refractivity contribution >= 4 is 0 Å². The topological polar surface area (TPSA) is 3.24 Å². The highest BCUT2D eigenvalue weighted by Crippen LogP contribution is 2.13. The third kappa shape index (κ3) is 3.53. The largest absolute Gasteiger partial charge is 0.303 e. The average molecular weight is 173 g/mol. The number of alkyl halides is 1. The van der Waals surface area contributed by atoms with Crippen LogP contribution >= 0.6 is 0 Å². The van der Waals surface area contributed by atoms with E-state index in [4.69, 9.17) is 0 Å². The number of nitrogens with zero attached hydrogens (tertiary/aromatic N) is 1. The van der Waals surface area contributed by atoms with Crippen molar-refractivity contribution in [1.82, 2.24) is 4.90 Å². The van der Waals surface area contributed by atoms with Crippen LogP contribution in [0.1, 0.15) is 39.0 Å². The van der Waals surface area contributed by atoms with Crippen molar-refractivity contribution in [3.8, 4) is 0 Å². The van der Waals surface area contributed by atoms with Gasteiger partial charge < -0.3 is 4.90 Å². The van der Waals surface area contributed by atoms with E-state index >= 15 is 0 Å². The lowest BCUT2D eigenvalue weighted by molar-refractivity contribution is 0.149. The van der Waals surface area contributed by atoms with Crippen molar-refractivity contribution in [3.05, 3.63) is 0 Å². The Bertz CT molecular complexity index is 108. The molecule has 0 amide bonds. The quantitative estimate of drug-likeness (QED) is 0.591. The summed E-state index contributed by atoms with van der Waals surface area (Å²) >= 11 is 0. The lowest BCUT2D eigenvalue weighted by Crippen LogP contribution is -2.34. The highest BCUT2D eigenvalue weighted by Gasteiger charge is 2.17. The van der Waals surface area contributed by atoms with Gasteiger partial charge in [-0.05, 0) is 25.8 Å². The Balaban J connectivity index is 2.01. The van der Waals surface area contributed by atoms with Crippen molar-refractivity contribution < 1.29 is 4.39 Å². The van der Waals surface area contributed by atoms with Gasteiger partial charge in [0.15, 0.2) is 0 Å². The van der Waals surface area contributed by atoms with E-state index in [1.165, 1.54) is 25.8 Å². The van der Waals surface area contributed by atoms with Crippen LogP contribution < -0.4 is 0 Å². The molecule has 0 aliphatic carbocycles. The number of unbranched alkanes of at least 4 members (excludes halogenated alkanes) is 2. The molecule has 72 valence electrons. The molecule has 12 heavy (non-hydrogen) atoms. The van der Waals surface area contributed by atoms with Crippen LogP contribution in [0.5, 0.6) is 0 Å². The summed E-state index contributed by atoms with van der Waals surface area (Å²) in [5.74, 6) is 0. The molecular formula is C10H20FN. The third-order valence-corrected chi connectivity index (χ3v) is 2.60. The Hall–Kier alpha value is -0.110. The molecule has 1 aliphatic rings. The fraction of sp³-hybridized carbons (Fsp3) is 1.00. The van der Waals surface area contributed by atoms with E-state index in [1.807, 2.05) is 0 Å². The van der Waals surface area contributed by atoms with E-state index in [0.29, 0.717) is 0 Å². The molecule has 0 aromatic heterocycles. The summed E-state index contributed by atoms with van der Waals surface area (Å²) in [4.78, 5) is 2.39. The van der Waals surface area contributed by atoms with Crippen LogP contribution in [0, 0.1) is 0 Å². The number of hydrogen-bond acceptors (Lipinski definition) is 1. The number of halogens is 1. The molecule has 0 aromatic carbocycles. The summed E-state index contributed by atoms with van der Waals surface area (Å²) < 4.78 is 12.7. The molecule has 0 saturated carbocycles. The minimum absolute atomic E-state index is 0.521. The zero-order valence-corrected chi connectivity index (χ0v) is 8.06. The average Bonchev–Trinajstić information content (AvgIpc) is 2.09. The first kappa shape index (κ1) is 9.97. The highest BCUT2D eigenvalue weighted by atomic mass is 19.1. The van der Waals surface area contributed by atoms with Crippen molar-refractivity contribution in [3.63, 3.8) is 0 Å². The molecule has 0 spiro atoms. The lowest BCUT2D eigenvalue weighted by atomic mass is 10.1. The molecule has 0 atom stereocenters. The van der Waals surface area contributed by atoms with Crippen molar-refractivity contribution in [2.45, 2.75) is 45.2 Å². The standard InChI is InChI=1S/C10H20FN/c1-2-3-4-7-12-8-5-10(11)6-9-12/h10H,2-9H2,1H3. The van der Waals surface area contributed by atoms with Gasteiger partial charge in [0.25, 0.3) is 0 Å². The van der Waals surface area contributed by atoms with Crippen LogP contribution in [0.25, 0.3) is 0 Å². The lowest BCUT2D eigenvalue weighted by Gasteiger charge is -2.28. The summed E-state index contributed by atoms with van der Waals surface area (Å²) in [6.45, 7) is 5.35. The summed E-state index contributed by atoms with van der Waals surface area (Å²) in [5.41, 5.74) is 0. The van der Waals surface area contributed by atoms with Gasteiger partial charge in [0.1, 0.15) is 6.17 Å². The molecule has 1 saturated heterocycles. The van der Waals surface area contributed by atoms with E-state index in [2.05, 4.69) is 11.8 Å². The van der Waals surface area contributed by atoms with E-state index in [1.54, 1.807) is 0 Å². The first-order valence-electron chi connectivity index (χ1n) is 5.19. The van der Waals surface area contributed by atoms with E-state index < -0.39 is 6.17 Å². The second kappa shape index (κ2) is 5.52. The minimum Gasteiger partial charge on any atom is -0.303 e. The Kier molecular flexibility index (Phi) is 4.59. The fourth-order valence-corrected chi connectivity index (χ4v) is 1.71. The summed E-state index contributed by atoms with van der Waals surface area (Å²) in [6, 6.07) is 0. The Labute approximate surface area is 74.9 Å². The van der Waals surface area contributed by atoms with Crippen LogP contribution in [0.3, 0.4) is 0 Å². The van der Waals surface area contributed by atoms with Crippen molar-refractivity contribution in [2.24, 2.45) is 0 Å². The van der Waals surface area contributed by atoms with Gasteiger partial charge in [0.05, 0.1) is 0 Å². The second-order valence-corrected chi connectivity index (χ2v) is 3.72. The van der Waals surface area contributed by atoms with E-state index in [0.717, 1.165) is 25.9 Å². The number of likely N-dealkylation sites (tertiary alicyclic amines) is 1. The SMILES string of the molecule is CCCCCN1CCC(F)CC1. The molecule has 0 unspecified atom stereocenters. The van der Waals surface area contributed by atoms with Crippen LogP contribution in [-0.4, -0.2) is 30.7 Å². The Morgan fingerprint density at radius 3 is 2.50 bits per heavy atom. The maximum atomic E-state index is 12.7. The Morgan fingerprint density at radius 1 is 1.25 bits per heavy atom. The fourth-order valence-electron chi connectivity index (χ4n) is 1.71. The second-order valence-electron chi connectivity index (χ2n) is 3.72. The number of hydrogen-bond donors (Lipinski definition) is 0. The van der Waals surface area contributed by atoms with Gasteiger partial charge in [-0.1, -0.05) is 19.8 Å². The molecule has 1 rings (SSSR count). The van der Waals surface area contributed by atoms with Gasteiger partial charge in [0, 0.05) is 13.1 Å². The molecule has 2 heteroatoms. The smallest absolute Gasteiger partial charge is 0.103 e. The maximum absolute atomic E-state index is 12.7. The minimum atomic E-state index is -0.521. The summed E-state index contributed by atoms with van der Waals surface area (Å²) in [7, 11) is 0. The van der Waals surface area contributed by atoms with Crippen molar-refractivity contribution in [1.29, 1.82) is 0 Å². The van der Waals surface area contributed by atoms with Gasteiger partial charge >= 0.3 is 0 Å². The molecule has 0 radical (unpaired) electrons. The van der Waals surface area contributed by atoms with Crippen LogP contribution in [-0.2, 0) is 0 Å². The van der Waals surface area contributed by atoms with Gasteiger partial charge in [-0.15, -0.1) is 0 Å². The molecule has 0 aromatic rings. The molecule has 1 fully saturated rings. The van der Waals surface area contributed by atoms with Gasteiger partial charge in [-0.3, -0.25) is 0 Å². The zero-order valence-electron chi connectivity index (χ0n) is 8.06. The van der Waals surface area contributed by atoms with Crippen LogP contribution in [0.2, 0.25) is 0 Å². The number of piperidine rings is 1. The van der Waals surface area contributed by atoms with E-state index in [9.17, 15) is 4.39 Å². The molecule has 1 nitrogen and oxygen atoms in total. The molecule has 1 heterocycles. The first-order chi connectivity index (χ1) is 5.83. The van der Waals surface area contributed by atoms with Crippen LogP contribution in [0.4, 0.5) is 4.39 Å². The highest BCUT2D eigenvalue weighted by molar-refractivity contribution is 4.70. The van der Waals surface area contributed by atoms with Crippen LogP contribution in [0.15, 0.2) is 0 Å². The Morgan fingerprint density at radius 2 is 1.92 bits per heavy atom. The normalized spacial score (nSPS) is 21.5. The maximum Gasteiger partial charge on any atom is 0.103 e. The van der Waals surface area contributed by atoms with E-state index in [-0.39, 0.29) is 0 Å². The number of rotatable bonds is 4. The monoisotopic (exact) mass is 173 g/mol. The molecule has 0 bridgehead atoms. The predicted octanol–water partition coefficient (Wildman–Crippen LogP) is 2.61. The molecule has 1 aliphatic heterocycles. The summed E-state index contributed by atoms with van der Waals surface area (Å²) in [6.07, 6.45) is 4.87. The third-order valence-electron chi connectivity index (χ3n) is 2.60.